The van der Waals surface area contributed by atoms with Gasteiger partial charge in [0.25, 0.3) is 5.91 Å². The molecular weight excluding hydrogens is 703 g/mol. The molecule has 1 fully saturated rings. The van der Waals surface area contributed by atoms with Crippen molar-refractivity contribution in [2.45, 2.75) is 96.4 Å². The predicted molar refractivity (Wildman–Crippen MR) is 181 cm³/mol. The van der Waals surface area contributed by atoms with Crippen molar-refractivity contribution in [1.29, 1.82) is 0 Å². The molecule has 0 spiro atoms. The van der Waals surface area contributed by atoms with Crippen LogP contribution in [0.2, 0.25) is 28.2 Å². The Morgan fingerprint density at radius 1 is 0.980 bits per heavy atom. The standard InChI is InChI=1S/C34H42Cl2F4N4O4Si/c1-5-47-33(46)23-11-15-25(16-12-23)44-31(34(38,39)40)26(17-42-44)32(45)43(20-22-9-13-24(37)14-10-22)21-29(48-49(6-2,7-3)8-4)30-27(35)18-41-19-28(30)36/h9-10,13-14,17-19,23,25,29H,5-8,11-12,15-16,20-21H2,1-4H3. The summed E-state index contributed by atoms with van der Waals surface area (Å²) in [5.41, 5.74) is -0.924. The summed E-state index contributed by atoms with van der Waals surface area (Å²) in [5.74, 6) is -2.20. The fourth-order valence-corrected chi connectivity index (χ4v) is 9.92. The zero-order valence-electron chi connectivity index (χ0n) is 28.0. The van der Waals surface area contributed by atoms with E-state index in [2.05, 4.69) is 10.1 Å². The molecule has 1 aliphatic rings. The topological polar surface area (TPSA) is 86.6 Å². The van der Waals surface area contributed by atoms with Crippen molar-refractivity contribution >= 4 is 43.4 Å². The number of halogens is 6. The summed E-state index contributed by atoms with van der Waals surface area (Å²) in [7, 11) is -2.42. The minimum atomic E-state index is -4.93. The van der Waals surface area contributed by atoms with Gasteiger partial charge >= 0.3 is 12.1 Å². The van der Waals surface area contributed by atoms with E-state index in [0.717, 1.165) is 29.0 Å². The van der Waals surface area contributed by atoms with Crippen molar-refractivity contribution in [3.05, 3.63) is 81.1 Å². The van der Waals surface area contributed by atoms with Crippen LogP contribution in [0.5, 0.6) is 0 Å². The lowest BCUT2D eigenvalue weighted by atomic mass is 9.86. The van der Waals surface area contributed by atoms with Gasteiger partial charge < -0.3 is 14.1 Å². The number of carbonyl (C=O) groups excluding carboxylic acids is 2. The van der Waals surface area contributed by atoms with Crippen LogP contribution in [0.25, 0.3) is 0 Å². The van der Waals surface area contributed by atoms with Gasteiger partial charge in [0.15, 0.2) is 14.0 Å². The zero-order chi connectivity index (χ0) is 35.9. The van der Waals surface area contributed by atoms with Crippen LogP contribution in [0.4, 0.5) is 17.6 Å². The van der Waals surface area contributed by atoms with E-state index in [1.165, 1.54) is 41.6 Å². The summed E-state index contributed by atoms with van der Waals surface area (Å²) in [5, 5.41) is 4.50. The Hall–Kier alpha value is -3.00. The lowest BCUT2D eigenvalue weighted by molar-refractivity contribution is -0.151. The molecule has 8 nitrogen and oxygen atoms in total. The molecule has 4 rings (SSSR count). The summed E-state index contributed by atoms with van der Waals surface area (Å²) in [6, 6.07) is 6.93. The maximum absolute atomic E-state index is 14.9. The van der Waals surface area contributed by atoms with Gasteiger partial charge in [-0.1, -0.05) is 56.1 Å². The molecule has 49 heavy (non-hydrogen) atoms. The van der Waals surface area contributed by atoms with Crippen molar-refractivity contribution < 1.29 is 36.3 Å². The average molecular weight is 746 g/mol. The second-order valence-electron chi connectivity index (χ2n) is 12.3. The van der Waals surface area contributed by atoms with E-state index in [-0.39, 0.29) is 48.6 Å². The Morgan fingerprint density at radius 2 is 1.57 bits per heavy atom. The first-order valence-electron chi connectivity index (χ1n) is 16.6. The van der Waals surface area contributed by atoms with Crippen LogP contribution in [-0.4, -0.2) is 53.0 Å². The number of carbonyl (C=O) groups is 2. The van der Waals surface area contributed by atoms with Gasteiger partial charge in [-0.2, -0.15) is 18.3 Å². The Morgan fingerprint density at radius 3 is 2.10 bits per heavy atom. The van der Waals surface area contributed by atoms with Crippen LogP contribution in [0.15, 0.2) is 42.9 Å². The minimum Gasteiger partial charge on any atom is -0.466 e. The Labute approximate surface area is 295 Å². The van der Waals surface area contributed by atoms with Gasteiger partial charge in [-0.05, 0) is 68.4 Å². The highest BCUT2D eigenvalue weighted by molar-refractivity contribution is 6.73. The highest BCUT2D eigenvalue weighted by Gasteiger charge is 2.44. The Bertz CT molecular complexity index is 1550. The van der Waals surface area contributed by atoms with E-state index in [0.29, 0.717) is 24.0 Å². The zero-order valence-corrected chi connectivity index (χ0v) is 30.5. The monoisotopic (exact) mass is 744 g/mol. The maximum atomic E-state index is 14.9. The third-order valence-corrected chi connectivity index (χ3v) is 14.7. The number of aromatic nitrogens is 3. The SMILES string of the molecule is CCOC(=O)C1CCC(n2ncc(C(=O)N(Cc3ccc(F)cc3)CC(O[Si](CC)(CC)CC)c3c(Cl)cncc3Cl)c2C(F)(F)F)CC1. The molecule has 1 amide bonds. The second kappa shape index (κ2) is 16.8. The number of amides is 1. The molecule has 0 bridgehead atoms. The second-order valence-corrected chi connectivity index (χ2v) is 17.8. The molecule has 0 saturated heterocycles. The van der Waals surface area contributed by atoms with Gasteiger partial charge in [0.1, 0.15) is 5.82 Å². The van der Waals surface area contributed by atoms with E-state index in [4.69, 9.17) is 32.4 Å². The first kappa shape index (κ1) is 38.8. The summed E-state index contributed by atoms with van der Waals surface area (Å²) in [6.07, 6.45) is -0.879. The summed E-state index contributed by atoms with van der Waals surface area (Å²) in [6.45, 7) is 7.63. The number of hydrogen-bond acceptors (Lipinski definition) is 6. The number of hydrogen-bond donors (Lipinski definition) is 0. The van der Waals surface area contributed by atoms with Crippen LogP contribution in [0.1, 0.15) is 92.7 Å². The molecule has 0 N–H and O–H groups in total. The van der Waals surface area contributed by atoms with Crippen LogP contribution in [-0.2, 0) is 26.7 Å². The Balaban J connectivity index is 1.77. The number of benzene rings is 1. The van der Waals surface area contributed by atoms with E-state index in [1.807, 2.05) is 20.8 Å². The molecule has 0 aliphatic heterocycles. The van der Waals surface area contributed by atoms with E-state index in [1.54, 1.807) is 6.92 Å². The Kier molecular flexibility index (Phi) is 13.3. The predicted octanol–water partition coefficient (Wildman–Crippen LogP) is 9.44. The van der Waals surface area contributed by atoms with Crippen molar-refractivity contribution in [3.63, 3.8) is 0 Å². The van der Waals surface area contributed by atoms with E-state index < -0.39 is 55.5 Å². The van der Waals surface area contributed by atoms with Gasteiger partial charge in [-0.15, -0.1) is 0 Å². The van der Waals surface area contributed by atoms with Crippen molar-refractivity contribution in [2.75, 3.05) is 13.2 Å². The van der Waals surface area contributed by atoms with Gasteiger partial charge in [0.05, 0.1) is 53.0 Å². The van der Waals surface area contributed by atoms with Crippen LogP contribution < -0.4 is 0 Å². The van der Waals surface area contributed by atoms with Crippen molar-refractivity contribution in [2.24, 2.45) is 5.92 Å². The molecule has 0 radical (unpaired) electrons. The maximum Gasteiger partial charge on any atom is 0.433 e. The van der Waals surface area contributed by atoms with Crippen molar-refractivity contribution in [3.8, 4) is 0 Å². The molecular formula is C34H42Cl2F4N4O4Si. The first-order chi connectivity index (χ1) is 23.3. The third kappa shape index (κ3) is 9.22. The number of esters is 1. The highest BCUT2D eigenvalue weighted by atomic mass is 35.5. The molecule has 268 valence electrons. The number of pyridine rings is 1. The molecule has 2 heterocycles. The minimum absolute atomic E-state index is 0.161. The lowest BCUT2D eigenvalue weighted by Crippen LogP contribution is -2.42. The summed E-state index contributed by atoms with van der Waals surface area (Å²) in [4.78, 5) is 32.0. The van der Waals surface area contributed by atoms with Gasteiger partial charge in [-0.25, -0.2) is 4.39 Å². The van der Waals surface area contributed by atoms with Crippen LogP contribution in [0, 0.1) is 11.7 Å². The average Bonchev–Trinajstić information content (AvgIpc) is 3.54. The van der Waals surface area contributed by atoms with Gasteiger partial charge in [0.2, 0.25) is 0 Å². The number of ether oxygens (including phenoxy) is 1. The lowest BCUT2D eigenvalue weighted by Gasteiger charge is -2.37. The first-order valence-corrected chi connectivity index (χ1v) is 19.9. The van der Waals surface area contributed by atoms with Crippen molar-refractivity contribution in [1.82, 2.24) is 19.7 Å². The molecule has 2 aromatic heterocycles. The highest BCUT2D eigenvalue weighted by Crippen LogP contribution is 2.41. The van der Waals surface area contributed by atoms with Crippen LogP contribution in [0.3, 0.4) is 0 Å². The number of nitrogens with zero attached hydrogens (tertiary/aromatic N) is 4. The van der Waals surface area contributed by atoms with E-state index in [9.17, 15) is 27.2 Å². The molecule has 1 unspecified atom stereocenters. The summed E-state index contributed by atoms with van der Waals surface area (Å²) < 4.78 is 71.3. The number of alkyl halides is 3. The van der Waals surface area contributed by atoms with Gasteiger partial charge in [0, 0.05) is 24.5 Å². The molecule has 1 aliphatic carbocycles. The normalized spacial score (nSPS) is 17.5. The molecule has 1 aromatic carbocycles. The molecule has 1 atom stereocenters. The van der Waals surface area contributed by atoms with E-state index >= 15 is 0 Å². The quantitative estimate of drug-likeness (QED) is 0.0929. The fourth-order valence-electron chi connectivity index (χ4n) is 6.51. The largest absolute Gasteiger partial charge is 0.466 e. The van der Waals surface area contributed by atoms with Gasteiger partial charge in [-0.3, -0.25) is 19.3 Å². The fraction of sp³-hybridized carbons (Fsp3) is 0.529. The number of rotatable bonds is 14. The smallest absolute Gasteiger partial charge is 0.433 e. The molecule has 15 heteroatoms. The molecule has 1 saturated carbocycles. The summed E-state index contributed by atoms with van der Waals surface area (Å²) >= 11 is 13.2. The van der Waals surface area contributed by atoms with Crippen LogP contribution >= 0.6 is 23.2 Å². The molecule has 3 aromatic rings. The third-order valence-electron chi connectivity index (χ3n) is 9.45.